The number of aromatic nitrogens is 4. The van der Waals surface area contributed by atoms with Crippen LogP contribution in [-0.4, -0.2) is 57.1 Å². The van der Waals surface area contributed by atoms with Crippen molar-refractivity contribution in [2.24, 2.45) is 0 Å². The van der Waals surface area contributed by atoms with Crippen molar-refractivity contribution < 1.29 is 14.3 Å². The number of methoxy groups -OCH3 is 1. The zero-order chi connectivity index (χ0) is 22.8. The van der Waals surface area contributed by atoms with Gasteiger partial charge in [0.15, 0.2) is 0 Å². The number of piperidine rings is 1. The number of ether oxygens (including phenoxy) is 1. The molecule has 5 rings (SSSR count). The number of likely N-dealkylation sites (tertiary alicyclic amines) is 1. The van der Waals surface area contributed by atoms with Gasteiger partial charge in [0.1, 0.15) is 23.0 Å². The highest BCUT2D eigenvalue weighted by atomic mass is 32.1. The van der Waals surface area contributed by atoms with Crippen LogP contribution in [0.2, 0.25) is 0 Å². The lowest BCUT2D eigenvalue weighted by Gasteiger charge is -2.31. The van der Waals surface area contributed by atoms with E-state index in [0.29, 0.717) is 36.0 Å². The Morgan fingerprint density at radius 1 is 1.15 bits per heavy atom. The maximum Gasteiger partial charge on any atom is 0.276 e. The summed E-state index contributed by atoms with van der Waals surface area (Å²) in [6.45, 7) is 1.21. The number of amides is 2. The Labute approximate surface area is 193 Å². The van der Waals surface area contributed by atoms with Crippen LogP contribution in [0.5, 0.6) is 5.75 Å². The minimum atomic E-state index is -0.273. The van der Waals surface area contributed by atoms with Gasteiger partial charge in [-0.1, -0.05) is 12.1 Å². The number of pyridine rings is 1. The van der Waals surface area contributed by atoms with Crippen molar-refractivity contribution in [2.45, 2.75) is 18.8 Å². The SMILES string of the molecule is COc1cc(C(=O)N2CCC(c3nc(C(=O)Nc4ccn[nH]4)cs3)CC2)nc2ccccc12. The summed E-state index contributed by atoms with van der Waals surface area (Å²) in [6, 6.07) is 11.0. The van der Waals surface area contributed by atoms with Gasteiger partial charge in [-0.2, -0.15) is 5.10 Å². The van der Waals surface area contributed by atoms with Gasteiger partial charge >= 0.3 is 0 Å². The van der Waals surface area contributed by atoms with E-state index >= 15 is 0 Å². The fourth-order valence-corrected chi connectivity index (χ4v) is 4.98. The van der Waals surface area contributed by atoms with Crippen LogP contribution in [0, 0.1) is 0 Å². The number of fused-ring (bicyclic) bond motifs is 1. The molecule has 0 unspecified atom stereocenters. The third-order valence-electron chi connectivity index (χ3n) is 5.75. The lowest BCUT2D eigenvalue weighted by molar-refractivity contribution is 0.0707. The Morgan fingerprint density at radius 3 is 2.73 bits per heavy atom. The van der Waals surface area contributed by atoms with Crippen LogP contribution in [-0.2, 0) is 0 Å². The van der Waals surface area contributed by atoms with Gasteiger partial charge in [-0.3, -0.25) is 14.7 Å². The van der Waals surface area contributed by atoms with Gasteiger partial charge in [0.2, 0.25) is 0 Å². The summed E-state index contributed by atoms with van der Waals surface area (Å²) in [4.78, 5) is 36.4. The van der Waals surface area contributed by atoms with Gasteiger partial charge in [0.25, 0.3) is 11.8 Å². The number of thiazole rings is 1. The fourth-order valence-electron chi connectivity index (χ4n) is 4.00. The number of nitrogens with zero attached hydrogens (tertiary/aromatic N) is 4. The Kier molecular flexibility index (Phi) is 5.74. The molecule has 1 saturated heterocycles. The molecule has 1 aromatic carbocycles. The number of anilines is 1. The first kappa shape index (κ1) is 21.1. The lowest BCUT2D eigenvalue weighted by atomic mass is 9.97. The highest BCUT2D eigenvalue weighted by molar-refractivity contribution is 7.10. The average Bonchev–Trinajstić information content (AvgIpc) is 3.55. The molecule has 0 aliphatic carbocycles. The van der Waals surface area contributed by atoms with Crippen molar-refractivity contribution in [1.82, 2.24) is 25.1 Å². The molecule has 0 radical (unpaired) electrons. The predicted molar refractivity (Wildman–Crippen MR) is 125 cm³/mol. The van der Waals surface area contributed by atoms with Gasteiger partial charge in [-0.05, 0) is 25.0 Å². The summed E-state index contributed by atoms with van der Waals surface area (Å²) >= 11 is 1.48. The zero-order valence-electron chi connectivity index (χ0n) is 17.9. The predicted octanol–water partition coefficient (Wildman–Crippen LogP) is 3.70. The number of nitrogens with one attached hydrogen (secondary N) is 2. The van der Waals surface area contributed by atoms with Gasteiger partial charge in [0.05, 0.1) is 23.8 Å². The molecule has 0 spiro atoms. The monoisotopic (exact) mass is 462 g/mol. The number of carbonyl (C=O) groups is 2. The summed E-state index contributed by atoms with van der Waals surface area (Å²) in [7, 11) is 1.60. The number of hydrogen-bond donors (Lipinski definition) is 2. The molecule has 4 aromatic rings. The van der Waals surface area contributed by atoms with Gasteiger partial charge in [-0.25, -0.2) is 9.97 Å². The maximum atomic E-state index is 13.1. The summed E-state index contributed by atoms with van der Waals surface area (Å²) in [6.07, 6.45) is 3.14. The van der Waals surface area contributed by atoms with E-state index in [2.05, 4.69) is 25.5 Å². The van der Waals surface area contributed by atoms with Crippen LogP contribution in [0.3, 0.4) is 0 Å². The van der Waals surface area contributed by atoms with E-state index in [1.54, 1.807) is 30.8 Å². The minimum Gasteiger partial charge on any atom is -0.496 e. The Hall–Kier alpha value is -3.79. The van der Waals surface area contributed by atoms with Crippen molar-refractivity contribution >= 4 is 39.9 Å². The number of carbonyl (C=O) groups excluding carboxylic acids is 2. The standard InChI is InChI=1S/C23H22N6O3S/c1-32-19-12-17(25-16-5-3-2-4-15(16)19)23(31)29-10-7-14(8-11-29)22-26-18(13-33-22)21(30)27-20-6-9-24-28-20/h2-6,9,12-14H,7-8,10-11H2,1H3,(H2,24,27,28,30). The molecular formula is C23H22N6O3S. The number of rotatable bonds is 5. The highest BCUT2D eigenvalue weighted by Gasteiger charge is 2.28. The van der Waals surface area contributed by atoms with Crippen LogP contribution >= 0.6 is 11.3 Å². The number of hydrogen-bond acceptors (Lipinski definition) is 7. The van der Waals surface area contributed by atoms with Crippen molar-refractivity contribution in [3.63, 3.8) is 0 Å². The molecule has 0 atom stereocenters. The second kappa shape index (κ2) is 8.99. The number of aromatic amines is 1. The van der Waals surface area contributed by atoms with Crippen LogP contribution in [0.1, 0.15) is 44.7 Å². The Bertz CT molecular complexity index is 1290. The van der Waals surface area contributed by atoms with E-state index in [4.69, 9.17) is 4.74 Å². The molecule has 1 fully saturated rings. The van der Waals surface area contributed by atoms with Gasteiger partial charge in [-0.15, -0.1) is 11.3 Å². The fraction of sp³-hybridized carbons (Fsp3) is 0.261. The van der Waals surface area contributed by atoms with Crippen LogP contribution in [0.4, 0.5) is 5.82 Å². The third-order valence-corrected chi connectivity index (χ3v) is 6.76. The van der Waals surface area contributed by atoms with E-state index in [0.717, 1.165) is 28.8 Å². The number of para-hydroxylation sites is 1. The quantitative estimate of drug-likeness (QED) is 0.468. The molecule has 1 aliphatic rings. The maximum absolute atomic E-state index is 13.1. The summed E-state index contributed by atoms with van der Waals surface area (Å²) in [5, 5.41) is 12.8. The number of H-pyrrole nitrogens is 1. The average molecular weight is 463 g/mol. The molecule has 0 bridgehead atoms. The third kappa shape index (κ3) is 4.29. The van der Waals surface area contributed by atoms with E-state index in [1.807, 2.05) is 29.2 Å². The summed E-state index contributed by atoms with van der Waals surface area (Å²) in [5.41, 5.74) is 1.50. The van der Waals surface area contributed by atoms with E-state index in [9.17, 15) is 9.59 Å². The smallest absolute Gasteiger partial charge is 0.276 e. The van der Waals surface area contributed by atoms with Crippen molar-refractivity contribution in [3.8, 4) is 5.75 Å². The zero-order valence-corrected chi connectivity index (χ0v) is 18.8. The minimum absolute atomic E-state index is 0.101. The topological polar surface area (TPSA) is 113 Å². The first-order valence-electron chi connectivity index (χ1n) is 10.6. The molecule has 2 N–H and O–H groups in total. The first-order valence-corrected chi connectivity index (χ1v) is 11.5. The molecular weight excluding hydrogens is 440 g/mol. The molecule has 0 saturated carbocycles. The Morgan fingerprint density at radius 2 is 1.97 bits per heavy atom. The second-order valence-corrected chi connectivity index (χ2v) is 8.68. The van der Waals surface area contributed by atoms with E-state index in [-0.39, 0.29) is 17.7 Å². The molecule has 9 nitrogen and oxygen atoms in total. The second-order valence-electron chi connectivity index (χ2n) is 7.79. The van der Waals surface area contributed by atoms with Gasteiger partial charge < -0.3 is 15.0 Å². The van der Waals surface area contributed by atoms with Crippen LogP contribution < -0.4 is 10.1 Å². The molecule has 168 valence electrons. The van der Waals surface area contributed by atoms with Crippen molar-refractivity contribution in [1.29, 1.82) is 0 Å². The first-order chi connectivity index (χ1) is 16.1. The summed E-state index contributed by atoms with van der Waals surface area (Å²) in [5.74, 6) is 1.01. The van der Waals surface area contributed by atoms with E-state index in [1.165, 1.54) is 11.3 Å². The highest BCUT2D eigenvalue weighted by Crippen LogP contribution is 2.32. The normalized spacial score (nSPS) is 14.4. The largest absolute Gasteiger partial charge is 0.496 e. The molecule has 1 aliphatic heterocycles. The van der Waals surface area contributed by atoms with Crippen molar-refractivity contribution in [2.75, 3.05) is 25.5 Å². The lowest BCUT2D eigenvalue weighted by Crippen LogP contribution is -2.38. The van der Waals surface area contributed by atoms with Gasteiger partial charge in [0, 0.05) is 41.9 Å². The van der Waals surface area contributed by atoms with Crippen LogP contribution in [0.15, 0.2) is 48.0 Å². The van der Waals surface area contributed by atoms with Crippen LogP contribution in [0.25, 0.3) is 10.9 Å². The number of benzene rings is 1. The molecule has 3 aromatic heterocycles. The molecule has 4 heterocycles. The summed E-state index contributed by atoms with van der Waals surface area (Å²) < 4.78 is 5.48. The molecule has 33 heavy (non-hydrogen) atoms. The van der Waals surface area contributed by atoms with E-state index < -0.39 is 0 Å². The molecule has 2 amide bonds. The van der Waals surface area contributed by atoms with Crippen molar-refractivity contribution in [3.05, 3.63) is 64.4 Å². The Balaban J connectivity index is 1.24. The molecule has 10 heteroatoms.